The third kappa shape index (κ3) is 4.36. The number of piperazine rings is 1. The summed E-state index contributed by atoms with van der Waals surface area (Å²) in [6, 6.07) is 3.15. The fourth-order valence-electron chi connectivity index (χ4n) is 3.48. The quantitative estimate of drug-likeness (QED) is 0.747. The number of nitrogens with zero attached hydrogens (tertiary/aromatic N) is 3. The molecule has 0 unspecified atom stereocenters. The SMILES string of the molecule is C[C@@H]1CN(C2CCC(C#N)CC2)CCN1C(=O)OC(C)(C)C. The largest absolute Gasteiger partial charge is 0.444 e. The summed E-state index contributed by atoms with van der Waals surface area (Å²) >= 11 is 0. The average Bonchev–Trinajstić information content (AvgIpc) is 2.45. The number of hydrogen-bond acceptors (Lipinski definition) is 4. The van der Waals surface area contributed by atoms with Crippen LogP contribution in [0.25, 0.3) is 0 Å². The summed E-state index contributed by atoms with van der Waals surface area (Å²) in [5.74, 6) is 0.247. The van der Waals surface area contributed by atoms with Gasteiger partial charge >= 0.3 is 6.09 Å². The van der Waals surface area contributed by atoms with Gasteiger partial charge in [0.25, 0.3) is 0 Å². The molecule has 1 atom stereocenters. The Bertz CT molecular complexity index is 430. The first-order valence-electron chi connectivity index (χ1n) is 8.43. The van der Waals surface area contributed by atoms with Gasteiger partial charge in [0.15, 0.2) is 0 Å². The monoisotopic (exact) mass is 307 g/mol. The van der Waals surface area contributed by atoms with Crippen LogP contribution in [0.4, 0.5) is 4.79 Å². The van der Waals surface area contributed by atoms with Crippen molar-refractivity contribution in [1.82, 2.24) is 9.80 Å². The van der Waals surface area contributed by atoms with Crippen LogP contribution in [-0.2, 0) is 4.74 Å². The van der Waals surface area contributed by atoms with E-state index in [1.165, 1.54) is 0 Å². The second kappa shape index (κ2) is 6.87. The Morgan fingerprint density at radius 1 is 1.18 bits per heavy atom. The smallest absolute Gasteiger partial charge is 0.410 e. The minimum absolute atomic E-state index is 0.178. The van der Waals surface area contributed by atoms with Gasteiger partial charge in [-0.15, -0.1) is 0 Å². The molecule has 0 N–H and O–H groups in total. The maximum Gasteiger partial charge on any atom is 0.410 e. The first kappa shape index (κ1) is 17.1. The van der Waals surface area contributed by atoms with Crippen molar-refractivity contribution >= 4 is 6.09 Å². The van der Waals surface area contributed by atoms with Crippen molar-refractivity contribution in [2.24, 2.45) is 5.92 Å². The van der Waals surface area contributed by atoms with Crippen LogP contribution in [-0.4, -0.2) is 53.2 Å². The van der Waals surface area contributed by atoms with E-state index in [1.54, 1.807) is 0 Å². The molecule has 0 radical (unpaired) electrons. The third-order valence-corrected chi connectivity index (χ3v) is 4.68. The minimum Gasteiger partial charge on any atom is -0.444 e. The van der Waals surface area contributed by atoms with Crippen LogP contribution in [0.1, 0.15) is 53.4 Å². The van der Waals surface area contributed by atoms with Gasteiger partial charge in [-0.2, -0.15) is 5.26 Å². The summed E-state index contributed by atoms with van der Waals surface area (Å²) in [7, 11) is 0. The van der Waals surface area contributed by atoms with Gasteiger partial charge in [-0.3, -0.25) is 4.90 Å². The van der Waals surface area contributed by atoms with Gasteiger partial charge in [-0.1, -0.05) is 0 Å². The highest BCUT2D eigenvalue weighted by atomic mass is 16.6. The lowest BCUT2D eigenvalue weighted by Crippen LogP contribution is -2.57. The first-order chi connectivity index (χ1) is 10.3. The Labute approximate surface area is 134 Å². The minimum atomic E-state index is -0.441. The summed E-state index contributed by atoms with van der Waals surface area (Å²) in [4.78, 5) is 16.6. The normalized spacial score (nSPS) is 30.7. The topological polar surface area (TPSA) is 56.6 Å². The molecular weight excluding hydrogens is 278 g/mol. The highest BCUT2D eigenvalue weighted by Crippen LogP contribution is 2.28. The van der Waals surface area contributed by atoms with E-state index in [-0.39, 0.29) is 18.1 Å². The van der Waals surface area contributed by atoms with E-state index in [4.69, 9.17) is 10.00 Å². The first-order valence-corrected chi connectivity index (χ1v) is 8.43. The van der Waals surface area contributed by atoms with E-state index in [0.717, 1.165) is 45.3 Å². The number of rotatable bonds is 1. The molecule has 5 nitrogen and oxygen atoms in total. The standard InChI is InChI=1S/C17H29N3O2/c1-13-12-19(15-7-5-14(11-18)6-8-15)9-10-20(13)16(21)22-17(2,3)4/h13-15H,5-10,12H2,1-4H3/t13-,14?,15?/m1/s1. The Kier molecular flexibility index (Phi) is 5.33. The number of amides is 1. The average molecular weight is 307 g/mol. The molecule has 0 bridgehead atoms. The number of ether oxygens (including phenoxy) is 1. The van der Waals surface area contributed by atoms with Crippen molar-refractivity contribution in [3.8, 4) is 6.07 Å². The van der Waals surface area contributed by atoms with E-state index in [1.807, 2.05) is 25.7 Å². The van der Waals surface area contributed by atoms with E-state index in [2.05, 4.69) is 17.9 Å². The Morgan fingerprint density at radius 3 is 2.32 bits per heavy atom. The number of nitriles is 1. The van der Waals surface area contributed by atoms with Crippen LogP contribution in [0, 0.1) is 17.2 Å². The van der Waals surface area contributed by atoms with E-state index >= 15 is 0 Å². The zero-order valence-corrected chi connectivity index (χ0v) is 14.3. The van der Waals surface area contributed by atoms with Crippen LogP contribution < -0.4 is 0 Å². The molecule has 0 aromatic heterocycles. The van der Waals surface area contributed by atoms with Crippen LogP contribution in [0.15, 0.2) is 0 Å². The van der Waals surface area contributed by atoms with Gasteiger partial charge < -0.3 is 9.64 Å². The van der Waals surface area contributed by atoms with Crippen molar-refractivity contribution in [1.29, 1.82) is 5.26 Å². The van der Waals surface area contributed by atoms with E-state index in [0.29, 0.717) is 6.04 Å². The molecule has 0 spiro atoms. The second-order valence-electron chi connectivity index (χ2n) is 7.65. The molecule has 1 heterocycles. The summed E-state index contributed by atoms with van der Waals surface area (Å²) in [6.07, 6.45) is 4.05. The lowest BCUT2D eigenvalue weighted by Gasteiger charge is -2.44. The molecular formula is C17H29N3O2. The molecule has 22 heavy (non-hydrogen) atoms. The van der Waals surface area contributed by atoms with Crippen LogP contribution in [0.2, 0.25) is 0 Å². The highest BCUT2D eigenvalue weighted by Gasteiger charge is 2.34. The summed E-state index contributed by atoms with van der Waals surface area (Å²) in [5.41, 5.74) is -0.441. The molecule has 5 heteroatoms. The van der Waals surface area contributed by atoms with E-state index < -0.39 is 5.60 Å². The fourth-order valence-corrected chi connectivity index (χ4v) is 3.48. The predicted molar refractivity (Wildman–Crippen MR) is 85.3 cm³/mol. The second-order valence-corrected chi connectivity index (χ2v) is 7.65. The van der Waals surface area contributed by atoms with Gasteiger partial charge in [0.05, 0.1) is 6.07 Å². The fraction of sp³-hybridized carbons (Fsp3) is 0.882. The lowest BCUT2D eigenvalue weighted by atomic mass is 9.86. The Morgan fingerprint density at radius 2 is 1.82 bits per heavy atom. The van der Waals surface area contributed by atoms with Gasteiger partial charge in [0, 0.05) is 37.6 Å². The highest BCUT2D eigenvalue weighted by molar-refractivity contribution is 5.68. The molecule has 2 aliphatic rings. The van der Waals surface area contributed by atoms with Crippen molar-refractivity contribution < 1.29 is 9.53 Å². The number of carbonyl (C=O) groups excluding carboxylic acids is 1. The third-order valence-electron chi connectivity index (χ3n) is 4.68. The van der Waals surface area contributed by atoms with Crippen molar-refractivity contribution in [3.05, 3.63) is 0 Å². The molecule has 1 amide bonds. The summed E-state index contributed by atoms with van der Waals surface area (Å²) < 4.78 is 5.49. The molecule has 0 aromatic rings. The zero-order chi connectivity index (χ0) is 16.3. The zero-order valence-electron chi connectivity index (χ0n) is 14.3. The predicted octanol–water partition coefficient (Wildman–Crippen LogP) is 3.01. The molecule has 0 aromatic carbocycles. The Hall–Kier alpha value is -1.28. The Balaban J connectivity index is 1.85. The molecule has 1 aliphatic carbocycles. The van der Waals surface area contributed by atoms with Crippen molar-refractivity contribution in [2.75, 3.05) is 19.6 Å². The van der Waals surface area contributed by atoms with Crippen LogP contribution in [0.5, 0.6) is 0 Å². The maximum atomic E-state index is 12.2. The molecule has 1 saturated carbocycles. The number of carbonyl (C=O) groups is 1. The summed E-state index contributed by atoms with van der Waals surface area (Å²) in [6.45, 7) is 10.3. The van der Waals surface area contributed by atoms with Gasteiger partial charge in [-0.05, 0) is 53.4 Å². The van der Waals surface area contributed by atoms with Crippen LogP contribution in [0.3, 0.4) is 0 Å². The lowest BCUT2D eigenvalue weighted by molar-refractivity contribution is -0.00773. The van der Waals surface area contributed by atoms with Gasteiger partial charge in [0.2, 0.25) is 0 Å². The summed E-state index contributed by atoms with van der Waals surface area (Å²) in [5, 5.41) is 9.00. The van der Waals surface area contributed by atoms with E-state index in [9.17, 15) is 4.79 Å². The molecule has 124 valence electrons. The molecule has 2 fully saturated rings. The molecule has 2 rings (SSSR count). The molecule has 1 aliphatic heterocycles. The number of hydrogen-bond donors (Lipinski definition) is 0. The molecule has 1 saturated heterocycles. The maximum absolute atomic E-state index is 12.2. The van der Waals surface area contributed by atoms with Crippen molar-refractivity contribution in [2.45, 2.75) is 71.1 Å². The van der Waals surface area contributed by atoms with Crippen LogP contribution >= 0.6 is 0 Å². The van der Waals surface area contributed by atoms with Gasteiger partial charge in [0.1, 0.15) is 5.60 Å². The van der Waals surface area contributed by atoms with Gasteiger partial charge in [-0.25, -0.2) is 4.79 Å². The van der Waals surface area contributed by atoms with Crippen molar-refractivity contribution in [3.63, 3.8) is 0 Å².